The summed E-state index contributed by atoms with van der Waals surface area (Å²) in [7, 11) is 1.74. The summed E-state index contributed by atoms with van der Waals surface area (Å²) in [5.74, 6) is 0.900. The second kappa shape index (κ2) is 5.76. The van der Waals surface area contributed by atoms with Crippen molar-refractivity contribution in [2.45, 2.75) is 64.4 Å². The second-order valence-corrected chi connectivity index (χ2v) is 7.93. The Morgan fingerprint density at radius 1 is 1.36 bits per heavy atom. The maximum atomic E-state index is 5.91. The fraction of sp³-hybridized carbons (Fsp3) is 0.500. The van der Waals surface area contributed by atoms with E-state index < -0.39 is 0 Å². The molecule has 5 rings (SSSR count). The van der Waals surface area contributed by atoms with Crippen LogP contribution in [0.3, 0.4) is 0 Å². The third-order valence-electron chi connectivity index (χ3n) is 6.30. The first-order valence-electron chi connectivity index (χ1n) is 9.27. The minimum Gasteiger partial charge on any atom is -0.497 e. The normalized spacial score (nSPS) is 27.5. The summed E-state index contributed by atoms with van der Waals surface area (Å²) >= 11 is 0. The molecule has 0 radical (unpaired) electrons. The van der Waals surface area contributed by atoms with Crippen molar-refractivity contribution in [1.82, 2.24) is 0 Å². The van der Waals surface area contributed by atoms with Crippen LogP contribution in [-0.2, 0) is 16.7 Å². The average Bonchev–Trinajstić information content (AvgIpc) is 2.70. The fourth-order valence-corrected chi connectivity index (χ4v) is 4.75. The van der Waals surface area contributed by atoms with E-state index in [1.54, 1.807) is 7.11 Å². The van der Waals surface area contributed by atoms with E-state index in [4.69, 9.17) is 9.57 Å². The van der Waals surface area contributed by atoms with Crippen molar-refractivity contribution in [3.05, 3.63) is 46.5 Å². The van der Waals surface area contributed by atoms with Crippen LogP contribution in [0.5, 0.6) is 5.75 Å². The minimum absolute atomic E-state index is 0.127. The zero-order valence-corrected chi connectivity index (χ0v) is 15.7. The van der Waals surface area contributed by atoms with Crippen LogP contribution in [0.25, 0.3) is 5.57 Å². The van der Waals surface area contributed by atoms with Gasteiger partial charge in [0.2, 0.25) is 0 Å². The lowest BCUT2D eigenvalue weighted by Crippen LogP contribution is -2.42. The summed E-state index contributed by atoms with van der Waals surface area (Å²) in [5.41, 5.74) is 8.82. The van der Waals surface area contributed by atoms with E-state index in [2.05, 4.69) is 44.6 Å². The third kappa shape index (κ3) is 2.36. The summed E-state index contributed by atoms with van der Waals surface area (Å²) in [4.78, 5) is 5.91. The van der Waals surface area contributed by atoms with Gasteiger partial charge in [0.25, 0.3) is 0 Å². The van der Waals surface area contributed by atoms with Crippen molar-refractivity contribution in [3.8, 4) is 5.75 Å². The number of ether oxygens (including phenoxy) is 1. The van der Waals surface area contributed by atoms with E-state index in [9.17, 15) is 0 Å². The maximum Gasteiger partial charge on any atom is 0.149 e. The summed E-state index contributed by atoms with van der Waals surface area (Å²) in [6.45, 7) is 10.9. The van der Waals surface area contributed by atoms with Crippen LogP contribution in [0, 0.1) is 0 Å². The Hall–Kier alpha value is -2.03. The van der Waals surface area contributed by atoms with Crippen molar-refractivity contribution in [1.29, 1.82) is 0 Å². The summed E-state index contributed by atoms with van der Waals surface area (Å²) < 4.78 is 5.61. The van der Waals surface area contributed by atoms with Gasteiger partial charge in [-0.05, 0) is 80.0 Å². The van der Waals surface area contributed by atoms with Gasteiger partial charge >= 0.3 is 0 Å². The van der Waals surface area contributed by atoms with Gasteiger partial charge in [0.1, 0.15) is 11.9 Å². The molecule has 0 saturated carbocycles. The Balaban J connectivity index is 2.03. The number of hydrogen-bond donors (Lipinski definition) is 0. The predicted octanol–water partition coefficient (Wildman–Crippen LogP) is 5.19. The number of nitrogens with zero attached hydrogens (tertiary/aromatic N) is 1. The number of fused-ring (bicyclic) bond motifs is 5. The molecule has 1 unspecified atom stereocenters. The van der Waals surface area contributed by atoms with E-state index in [1.165, 1.54) is 40.7 Å². The van der Waals surface area contributed by atoms with Crippen molar-refractivity contribution in [2.24, 2.45) is 5.16 Å². The van der Waals surface area contributed by atoms with Gasteiger partial charge in [0.05, 0.1) is 12.8 Å². The summed E-state index contributed by atoms with van der Waals surface area (Å²) in [6.07, 6.45) is 5.59. The summed E-state index contributed by atoms with van der Waals surface area (Å²) in [6, 6.07) is 4.34. The largest absolute Gasteiger partial charge is 0.497 e. The topological polar surface area (TPSA) is 30.8 Å². The number of rotatable bonds is 2. The van der Waals surface area contributed by atoms with Gasteiger partial charge in [0.15, 0.2) is 0 Å². The molecule has 0 aromatic heterocycles. The van der Waals surface area contributed by atoms with Crippen molar-refractivity contribution in [2.75, 3.05) is 7.11 Å². The monoisotopic (exact) mass is 337 g/mol. The molecule has 2 atom stereocenters. The highest BCUT2D eigenvalue weighted by molar-refractivity contribution is 6.10. The van der Waals surface area contributed by atoms with Gasteiger partial charge in [-0.1, -0.05) is 23.7 Å². The Morgan fingerprint density at radius 3 is 2.88 bits per heavy atom. The number of benzene rings is 1. The smallest absolute Gasteiger partial charge is 0.149 e. The first-order chi connectivity index (χ1) is 12.0. The molecule has 0 amide bonds. The number of allylic oxidation sites excluding steroid dienone is 2. The zero-order chi connectivity index (χ0) is 17.8. The lowest BCUT2D eigenvalue weighted by atomic mass is 9.63. The Morgan fingerprint density at radius 2 is 2.16 bits per heavy atom. The Kier molecular flexibility index (Phi) is 3.78. The molecule has 2 aliphatic heterocycles. The molecule has 0 saturated heterocycles. The first kappa shape index (κ1) is 16.4. The Labute approximate surface area is 150 Å². The number of hydrogen-bond acceptors (Lipinski definition) is 3. The molecule has 0 N–H and O–H groups in total. The van der Waals surface area contributed by atoms with Gasteiger partial charge < -0.3 is 9.57 Å². The zero-order valence-electron chi connectivity index (χ0n) is 15.7. The maximum absolute atomic E-state index is 5.91. The molecule has 4 bridgehead atoms. The molecule has 132 valence electrons. The molecule has 3 nitrogen and oxygen atoms in total. The van der Waals surface area contributed by atoms with Crippen molar-refractivity contribution in [3.63, 3.8) is 0 Å². The standard InChI is InChI=1S/C22H27NO2/c1-13(2)16-10-15(24-5)11-19-18(16)12-17-14(3)20-8-6-7-9-22(19,4)21(17)23-25-20/h10-11,20H,1,6-9,12H2,2-5H3/t20-,22?/m0/s1. The highest BCUT2D eigenvalue weighted by atomic mass is 16.6. The molecule has 1 aromatic carbocycles. The van der Waals surface area contributed by atoms with Crippen LogP contribution in [0.1, 0.15) is 63.1 Å². The highest BCUT2D eigenvalue weighted by Gasteiger charge is 2.45. The van der Waals surface area contributed by atoms with Crippen LogP contribution in [0.15, 0.2) is 35.0 Å². The SMILES string of the molecule is C=C(C)c1cc(OC)cc2c1CC1=C(C)[C@@H]3CCCCC2(C)C1=NO3. The van der Waals surface area contributed by atoms with Crippen molar-refractivity contribution >= 4 is 11.3 Å². The number of oxime groups is 1. The third-order valence-corrected chi connectivity index (χ3v) is 6.30. The predicted molar refractivity (Wildman–Crippen MR) is 102 cm³/mol. The van der Waals surface area contributed by atoms with Gasteiger partial charge in [0, 0.05) is 11.8 Å². The van der Waals surface area contributed by atoms with E-state index >= 15 is 0 Å². The van der Waals surface area contributed by atoms with Crippen LogP contribution in [0.2, 0.25) is 0 Å². The quantitative estimate of drug-likeness (QED) is 0.744. The van der Waals surface area contributed by atoms with E-state index in [1.807, 2.05) is 0 Å². The van der Waals surface area contributed by atoms with E-state index in [-0.39, 0.29) is 11.5 Å². The lowest BCUT2D eigenvalue weighted by Gasteiger charge is -2.41. The first-order valence-corrected chi connectivity index (χ1v) is 9.27. The molecule has 25 heavy (non-hydrogen) atoms. The van der Waals surface area contributed by atoms with Gasteiger partial charge in [-0.15, -0.1) is 0 Å². The second-order valence-electron chi connectivity index (χ2n) is 7.93. The van der Waals surface area contributed by atoms with E-state index in [0.29, 0.717) is 0 Å². The van der Waals surface area contributed by atoms with Gasteiger partial charge in [-0.3, -0.25) is 0 Å². The van der Waals surface area contributed by atoms with Crippen LogP contribution >= 0.6 is 0 Å². The summed E-state index contributed by atoms with van der Waals surface area (Å²) in [5, 5.41) is 4.64. The molecule has 1 aromatic rings. The minimum atomic E-state index is -0.127. The van der Waals surface area contributed by atoms with Crippen LogP contribution in [-0.4, -0.2) is 18.9 Å². The van der Waals surface area contributed by atoms with Crippen molar-refractivity contribution < 1.29 is 9.57 Å². The number of methoxy groups -OCH3 is 1. The lowest BCUT2D eigenvalue weighted by molar-refractivity contribution is 0.0720. The molecular formula is C22H27NO2. The molecule has 0 fully saturated rings. The van der Waals surface area contributed by atoms with Crippen LogP contribution in [0.4, 0.5) is 0 Å². The van der Waals surface area contributed by atoms with Gasteiger partial charge in [-0.25, -0.2) is 0 Å². The molecule has 2 heterocycles. The molecule has 2 aliphatic carbocycles. The average molecular weight is 337 g/mol. The molecule has 3 heteroatoms. The van der Waals surface area contributed by atoms with Gasteiger partial charge in [-0.2, -0.15) is 0 Å². The van der Waals surface area contributed by atoms with E-state index in [0.717, 1.165) is 36.3 Å². The Bertz CT molecular complexity index is 818. The molecule has 4 aliphatic rings. The van der Waals surface area contributed by atoms with Crippen LogP contribution < -0.4 is 4.74 Å². The fourth-order valence-electron chi connectivity index (χ4n) is 4.75. The highest BCUT2D eigenvalue weighted by Crippen LogP contribution is 2.48. The molecule has 0 spiro atoms. The molecular weight excluding hydrogens is 310 g/mol.